The van der Waals surface area contributed by atoms with E-state index < -0.39 is 0 Å². The van der Waals surface area contributed by atoms with E-state index in [0.717, 1.165) is 12.2 Å². The quantitative estimate of drug-likeness (QED) is 0.521. The molecule has 1 heterocycles. The zero-order chi connectivity index (χ0) is 6.97. The highest BCUT2D eigenvalue weighted by molar-refractivity contribution is 5.46. The van der Waals surface area contributed by atoms with Crippen LogP contribution in [0.4, 0.5) is 5.69 Å². The normalized spacial score (nSPS) is 16.5. The monoisotopic (exact) mass is 133 g/mol. The first kappa shape index (κ1) is 5.74. The zero-order valence-corrected chi connectivity index (χ0v) is 5.91. The Balaban J connectivity index is 2.42. The van der Waals surface area contributed by atoms with E-state index in [2.05, 4.69) is 11.5 Å². The molecular formula is C8H9N2. The standard InChI is InChI=1S/C8H9N2/c1-10-6-7-4-2-3-5-8(7)9-10/h2-5H,6H2,1H3. The number of benzene rings is 1. The number of nitrogens with zero attached hydrogens (tertiary/aromatic N) is 2. The summed E-state index contributed by atoms with van der Waals surface area (Å²) in [6, 6.07) is 8.22. The molecule has 0 saturated heterocycles. The summed E-state index contributed by atoms with van der Waals surface area (Å²) in [6.45, 7) is 0.955. The molecule has 1 aromatic carbocycles. The second-order valence-electron chi connectivity index (χ2n) is 2.54. The molecule has 0 atom stereocenters. The van der Waals surface area contributed by atoms with Gasteiger partial charge in [-0.1, -0.05) is 18.2 Å². The summed E-state index contributed by atoms with van der Waals surface area (Å²) in [7, 11) is 1.99. The van der Waals surface area contributed by atoms with Crippen molar-refractivity contribution in [3.63, 3.8) is 0 Å². The molecule has 0 fully saturated rings. The SMILES string of the molecule is CN1Cc2ccccc2[N]1. The minimum Gasteiger partial charge on any atom is -0.199 e. The lowest BCUT2D eigenvalue weighted by Gasteiger charge is -2.01. The van der Waals surface area contributed by atoms with Gasteiger partial charge in [0.25, 0.3) is 0 Å². The van der Waals surface area contributed by atoms with Crippen LogP contribution in [0.1, 0.15) is 5.56 Å². The van der Waals surface area contributed by atoms with Gasteiger partial charge in [-0.05, 0) is 11.6 Å². The molecule has 1 radical (unpaired) electrons. The predicted molar refractivity (Wildman–Crippen MR) is 39.7 cm³/mol. The summed E-state index contributed by atoms with van der Waals surface area (Å²) < 4.78 is 0. The first-order valence-electron chi connectivity index (χ1n) is 3.37. The highest BCUT2D eigenvalue weighted by Crippen LogP contribution is 2.22. The van der Waals surface area contributed by atoms with Crippen LogP contribution in [0.3, 0.4) is 0 Å². The fourth-order valence-corrected chi connectivity index (χ4v) is 1.21. The van der Waals surface area contributed by atoms with Gasteiger partial charge >= 0.3 is 0 Å². The van der Waals surface area contributed by atoms with Crippen LogP contribution in [-0.4, -0.2) is 12.1 Å². The third kappa shape index (κ3) is 0.772. The molecule has 1 aromatic rings. The van der Waals surface area contributed by atoms with Crippen LogP contribution in [0.2, 0.25) is 0 Å². The maximum absolute atomic E-state index is 4.29. The summed E-state index contributed by atoms with van der Waals surface area (Å²) in [5.41, 5.74) is 6.73. The van der Waals surface area contributed by atoms with Crippen LogP contribution >= 0.6 is 0 Å². The highest BCUT2D eigenvalue weighted by atomic mass is 15.5. The lowest BCUT2D eigenvalue weighted by atomic mass is 10.2. The molecule has 51 valence electrons. The van der Waals surface area contributed by atoms with Crippen molar-refractivity contribution < 1.29 is 0 Å². The maximum Gasteiger partial charge on any atom is 0.0822 e. The molecule has 2 heteroatoms. The van der Waals surface area contributed by atoms with E-state index in [0.29, 0.717) is 0 Å². The Labute approximate surface area is 60.4 Å². The molecule has 0 aromatic heterocycles. The largest absolute Gasteiger partial charge is 0.199 e. The molecule has 0 aliphatic carbocycles. The van der Waals surface area contributed by atoms with Crippen LogP contribution < -0.4 is 5.43 Å². The Kier molecular flexibility index (Phi) is 1.14. The van der Waals surface area contributed by atoms with Crippen molar-refractivity contribution in [3.05, 3.63) is 29.8 Å². The first-order chi connectivity index (χ1) is 4.86. The number of hydrogen-bond donors (Lipinski definition) is 0. The lowest BCUT2D eigenvalue weighted by Crippen LogP contribution is -2.15. The summed E-state index contributed by atoms with van der Waals surface area (Å²) in [6.07, 6.45) is 0. The van der Waals surface area contributed by atoms with Gasteiger partial charge < -0.3 is 0 Å². The van der Waals surface area contributed by atoms with E-state index in [1.807, 2.05) is 30.3 Å². The topological polar surface area (TPSA) is 17.3 Å². The van der Waals surface area contributed by atoms with Crippen molar-refractivity contribution in [1.82, 2.24) is 10.4 Å². The molecular weight excluding hydrogens is 124 g/mol. The molecule has 1 aliphatic heterocycles. The van der Waals surface area contributed by atoms with Gasteiger partial charge in [-0.2, -0.15) is 10.4 Å². The lowest BCUT2D eigenvalue weighted by molar-refractivity contribution is 0.295. The minimum absolute atomic E-state index is 0.955. The van der Waals surface area contributed by atoms with Crippen LogP contribution in [0.5, 0.6) is 0 Å². The molecule has 2 rings (SSSR count). The molecule has 2 nitrogen and oxygen atoms in total. The van der Waals surface area contributed by atoms with Crippen LogP contribution in [0.25, 0.3) is 0 Å². The third-order valence-electron chi connectivity index (χ3n) is 1.67. The Morgan fingerprint density at radius 2 is 2.20 bits per heavy atom. The van der Waals surface area contributed by atoms with E-state index in [1.54, 1.807) is 0 Å². The number of rotatable bonds is 0. The van der Waals surface area contributed by atoms with Crippen molar-refractivity contribution in [2.24, 2.45) is 0 Å². The molecule has 10 heavy (non-hydrogen) atoms. The zero-order valence-electron chi connectivity index (χ0n) is 5.91. The van der Waals surface area contributed by atoms with Crippen molar-refractivity contribution >= 4 is 5.69 Å². The van der Waals surface area contributed by atoms with Gasteiger partial charge in [0.2, 0.25) is 0 Å². The first-order valence-corrected chi connectivity index (χ1v) is 3.37. The molecule has 1 aliphatic rings. The smallest absolute Gasteiger partial charge is 0.0822 e. The summed E-state index contributed by atoms with van der Waals surface area (Å²) in [4.78, 5) is 0. The van der Waals surface area contributed by atoms with Gasteiger partial charge in [0.05, 0.1) is 5.69 Å². The van der Waals surface area contributed by atoms with Gasteiger partial charge in [-0.25, -0.2) is 0 Å². The van der Waals surface area contributed by atoms with Crippen LogP contribution in [0.15, 0.2) is 24.3 Å². The predicted octanol–water partition coefficient (Wildman–Crippen LogP) is 1.28. The van der Waals surface area contributed by atoms with Gasteiger partial charge in [-0.15, -0.1) is 0 Å². The Morgan fingerprint density at radius 3 is 3.00 bits per heavy atom. The third-order valence-corrected chi connectivity index (χ3v) is 1.67. The van der Waals surface area contributed by atoms with Gasteiger partial charge in [-0.3, -0.25) is 0 Å². The Bertz CT molecular complexity index is 220. The Morgan fingerprint density at radius 1 is 1.40 bits per heavy atom. The van der Waals surface area contributed by atoms with Crippen molar-refractivity contribution in [3.8, 4) is 0 Å². The summed E-state index contributed by atoms with van der Waals surface area (Å²) in [5, 5.41) is 1.95. The van der Waals surface area contributed by atoms with Gasteiger partial charge in [0, 0.05) is 13.6 Å². The van der Waals surface area contributed by atoms with E-state index in [-0.39, 0.29) is 0 Å². The molecule has 0 bridgehead atoms. The minimum atomic E-state index is 0.955. The summed E-state index contributed by atoms with van der Waals surface area (Å²) in [5.74, 6) is 0. The molecule has 0 spiro atoms. The second kappa shape index (κ2) is 1.99. The molecule has 0 unspecified atom stereocenters. The second-order valence-corrected chi connectivity index (χ2v) is 2.54. The number of fused-ring (bicyclic) bond motifs is 1. The average molecular weight is 133 g/mol. The average Bonchev–Trinajstić information content (AvgIpc) is 2.27. The fraction of sp³-hybridized carbons (Fsp3) is 0.250. The van der Waals surface area contributed by atoms with Crippen LogP contribution in [0, 0.1) is 0 Å². The van der Waals surface area contributed by atoms with E-state index in [9.17, 15) is 0 Å². The molecule has 0 saturated carbocycles. The Hall–Kier alpha value is -1.02. The van der Waals surface area contributed by atoms with Crippen LogP contribution in [-0.2, 0) is 6.54 Å². The summed E-state index contributed by atoms with van der Waals surface area (Å²) >= 11 is 0. The van der Waals surface area contributed by atoms with E-state index in [1.165, 1.54) is 5.56 Å². The fourth-order valence-electron chi connectivity index (χ4n) is 1.21. The van der Waals surface area contributed by atoms with Crippen molar-refractivity contribution in [1.29, 1.82) is 0 Å². The van der Waals surface area contributed by atoms with E-state index >= 15 is 0 Å². The molecule has 0 amide bonds. The van der Waals surface area contributed by atoms with Gasteiger partial charge in [0.1, 0.15) is 0 Å². The highest BCUT2D eigenvalue weighted by Gasteiger charge is 2.14. The van der Waals surface area contributed by atoms with Crippen molar-refractivity contribution in [2.75, 3.05) is 7.05 Å². The van der Waals surface area contributed by atoms with E-state index in [4.69, 9.17) is 0 Å². The van der Waals surface area contributed by atoms with Gasteiger partial charge in [0.15, 0.2) is 0 Å². The van der Waals surface area contributed by atoms with Crippen molar-refractivity contribution in [2.45, 2.75) is 6.54 Å². The molecule has 0 N–H and O–H groups in total. The maximum atomic E-state index is 4.29. The number of hydrogen-bond acceptors (Lipinski definition) is 1.